The average Bonchev–Trinajstić information content (AvgIpc) is 2.78. The number of hydrogen-bond acceptors (Lipinski definition) is 8. The number of unbranched alkanes of at least 4 members (excludes halogenated alkanes) is 1. The smallest absolute Gasteiger partial charge is 0.326 e. The summed E-state index contributed by atoms with van der Waals surface area (Å²) in [5.41, 5.74) is 16.5. The van der Waals surface area contributed by atoms with Crippen molar-refractivity contribution < 1.29 is 29.1 Å². The summed E-state index contributed by atoms with van der Waals surface area (Å²) in [6, 6.07) is -4.44. The fourth-order valence-corrected chi connectivity index (χ4v) is 3.51. The molecule has 0 aromatic heterocycles. The van der Waals surface area contributed by atoms with Crippen LogP contribution < -0.4 is 33.2 Å². The predicted octanol–water partition coefficient (Wildman–Crippen LogP) is -1.34. The maximum atomic E-state index is 12.9. The molecule has 0 saturated heterocycles. The van der Waals surface area contributed by atoms with Crippen LogP contribution in [0.2, 0.25) is 0 Å². The summed E-state index contributed by atoms with van der Waals surface area (Å²) in [6.45, 7) is 3.96. The lowest BCUT2D eigenvalue weighted by molar-refractivity contribution is -0.144. The minimum absolute atomic E-state index is 0.210. The molecule has 4 amide bonds. The molecule has 196 valence electrons. The van der Waals surface area contributed by atoms with Gasteiger partial charge in [-0.05, 0) is 43.7 Å². The maximum absolute atomic E-state index is 12.9. The van der Waals surface area contributed by atoms with Gasteiger partial charge in [-0.25, -0.2) is 4.79 Å². The number of carbonyl (C=O) groups excluding carboxylic acids is 4. The second-order valence-electron chi connectivity index (χ2n) is 8.18. The van der Waals surface area contributed by atoms with Gasteiger partial charge < -0.3 is 38.3 Å². The van der Waals surface area contributed by atoms with Crippen LogP contribution in [0.3, 0.4) is 0 Å². The van der Waals surface area contributed by atoms with Gasteiger partial charge in [0, 0.05) is 0 Å². The molecule has 13 heteroatoms. The van der Waals surface area contributed by atoms with Crippen molar-refractivity contribution in [1.29, 1.82) is 0 Å². The molecule has 0 saturated carbocycles. The van der Waals surface area contributed by atoms with Crippen molar-refractivity contribution in [3.8, 4) is 0 Å². The third kappa shape index (κ3) is 12.2. The summed E-state index contributed by atoms with van der Waals surface area (Å²) in [5, 5.41) is 16.9. The van der Waals surface area contributed by atoms with Crippen molar-refractivity contribution in [3.05, 3.63) is 0 Å². The van der Waals surface area contributed by atoms with Crippen molar-refractivity contribution in [2.24, 2.45) is 23.1 Å². The van der Waals surface area contributed by atoms with E-state index in [-0.39, 0.29) is 12.3 Å². The Kier molecular flexibility index (Phi) is 15.9. The highest BCUT2D eigenvalue weighted by Crippen LogP contribution is 2.10. The van der Waals surface area contributed by atoms with Gasteiger partial charge in [0.25, 0.3) is 0 Å². The molecule has 0 aromatic rings. The Balaban J connectivity index is 5.44. The van der Waals surface area contributed by atoms with Crippen LogP contribution in [0.25, 0.3) is 0 Å². The van der Waals surface area contributed by atoms with E-state index in [1.54, 1.807) is 13.8 Å². The van der Waals surface area contributed by atoms with E-state index in [2.05, 4.69) is 16.0 Å². The molecule has 0 aromatic carbocycles. The molecule has 10 N–H and O–H groups in total. The van der Waals surface area contributed by atoms with Gasteiger partial charge >= 0.3 is 5.97 Å². The fraction of sp³-hybridized carbons (Fsp3) is 0.762. The molecule has 0 rings (SSSR count). The van der Waals surface area contributed by atoms with Gasteiger partial charge in [0.2, 0.25) is 23.6 Å². The minimum Gasteiger partial charge on any atom is -0.480 e. The zero-order valence-corrected chi connectivity index (χ0v) is 21.0. The minimum atomic E-state index is -1.33. The van der Waals surface area contributed by atoms with Crippen LogP contribution >= 0.6 is 11.8 Å². The Morgan fingerprint density at radius 1 is 0.941 bits per heavy atom. The number of amides is 4. The zero-order chi connectivity index (χ0) is 26.3. The summed E-state index contributed by atoms with van der Waals surface area (Å²) in [4.78, 5) is 61.2. The van der Waals surface area contributed by atoms with Gasteiger partial charge in [0.05, 0.1) is 12.5 Å². The molecule has 0 heterocycles. The number of aliphatic carboxylic acids is 1. The average molecular weight is 505 g/mol. The molecule has 0 aliphatic rings. The van der Waals surface area contributed by atoms with Crippen LogP contribution in [-0.2, 0) is 24.0 Å². The quantitative estimate of drug-likeness (QED) is 0.110. The van der Waals surface area contributed by atoms with Crippen LogP contribution in [-0.4, -0.2) is 77.4 Å². The van der Waals surface area contributed by atoms with Crippen molar-refractivity contribution in [2.45, 2.75) is 76.5 Å². The molecular weight excluding hydrogens is 464 g/mol. The first-order chi connectivity index (χ1) is 16.0. The van der Waals surface area contributed by atoms with Crippen molar-refractivity contribution in [3.63, 3.8) is 0 Å². The molecule has 12 nitrogen and oxygen atoms in total. The number of carboxylic acids is 1. The molecule has 0 spiro atoms. The summed E-state index contributed by atoms with van der Waals surface area (Å²) in [6.07, 6.45) is 3.71. The van der Waals surface area contributed by atoms with Gasteiger partial charge in [-0.15, -0.1) is 0 Å². The first-order valence-corrected chi connectivity index (χ1v) is 12.7. The molecule has 0 aliphatic heterocycles. The van der Waals surface area contributed by atoms with E-state index in [1.165, 1.54) is 11.8 Å². The Morgan fingerprint density at radius 3 is 2.03 bits per heavy atom. The van der Waals surface area contributed by atoms with Gasteiger partial charge in [-0.2, -0.15) is 11.8 Å². The first-order valence-electron chi connectivity index (χ1n) is 11.3. The van der Waals surface area contributed by atoms with Crippen LogP contribution in [0.15, 0.2) is 0 Å². The molecular formula is C21H40N6O6S. The second-order valence-corrected chi connectivity index (χ2v) is 9.16. The van der Waals surface area contributed by atoms with Crippen LogP contribution in [0.1, 0.15) is 52.4 Å². The highest BCUT2D eigenvalue weighted by atomic mass is 32.2. The lowest BCUT2D eigenvalue weighted by atomic mass is 9.98. The number of hydrogen-bond donors (Lipinski definition) is 7. The molecule has 5 unspecified atom stereocenters. The molecule has 0 aliphatic carbocycles. The summed E-state index contributed by atoms with van der Waals surface area (Å²) >= 11 is 1.44. The fourth-order valence-electron chi connectivity index (χ4n) is 3.04. The normalized spacial score (nSPS) is 15.3. The number of rotatable bonds is 18. The summed E-state index contributed by atoms with van der Waals surface area (Å²) in [7, 11) is 0. The van der Waals surface area contributed by atoms with Crippen LogP contribution in [0.4, 0.5) is 0 Å². The summed E-state index contributed by atoms with van der Waals surface area (Å²) < 4.78 is 0. The standard InChI is InChI=1S/C21H40N6O6S/c1-4-12(2)17(21(32)33)27-19(30)14(8-10-34-3)25-20(31)15(11-16(24)28)26-18(29)13(23)7-5-6-9-22/h12-15,17H,4-11,22-23H2,1-3H3,(H2,24,28)(H,25,31)(H,26,29)(H,27,30)(H,32,33). The number of carbonyl (C=O) groups is 5. The van der Waals surface area contributed by atoms with Crippen molar-refractivity contribution in [2.75, 3.05) is 18.6 Å². The van der Waals surface area contributed by atoms with Gasteiger partial charge in [0.15, 0.2) is 0 Å². The van der Waals surface area contributed by atoms with E-state index in [4.69, 9.17) is 17.2 Å². The lowest BCUT2D eigenvalue weighted by Crippen LogP contribution is -2.58. The molecule has 5 atom stereocenters. The Bertz CT molecular complexity index is 695. The Morgan fingerprint density at radius 2 is 1.53 bits per heavy atom. The third-order valence-electron chi connectivity index (χ3n) is 5.36. The van der Waals surface area contributed by atoms with E-state index >= 15 is 0 Å². The van der Waals surface area contributed by atoms with Gasteiger partial charge in [-0.3, -0.25) is 19.2 Å². The maximum Gasteiger partial charge on any atom is 0.326 e. The molecule has 0 radical (unpaired) electrons. The van der Waals surface area contributed by atoms with E-state index in [1.807, 2.05) is 6.26 Å². The Hall–Kier alpha value is -2.38. The Labute approximate surface area is 204 Å². The molecule has 34 heavy (non-hydrogen) atoms. The SMILES string of the molecule is CCC(C)C(NC(=O)C(CCSC)NC(=O)C(CC(N)=O)NC(=O)C(N)CCCCN)C(=O)O. The number of primary amides is 1. The van der Waals surface area contributed by atoms with Gasteiger partial charge in [0.1, 0.15) is 18.1 Å². The number of nitrogens with one attached hydrogen (secondary N) is 3. The molecule has 0 fully saturated rings. The lowest BCUT2D eigenvalue weighted by Gasteiger charge is -2.26. The molecule has 0 bridgehead atoms. The van der Waals surface area contributed by atoms with Crippen molar-refractivity contribution in [1.82, 2.24) is 16.0 Å². The monoisotopic (exact) mass is 504 g/mol. The van der Waals surface area contributed by atoms with Crippen LogP contribution in [0.5, 0.6) is 0 Å². The topological polar surface area (TPSA) is 220 Å². The van der Waals surface area contributed by atoms with Crippen LogP contribution in [0, 0.1) is 5.92 Å². The third-order valence-corrected chi connectivity index (χ3v) is 6.01. The highest BCUT2D eigenvalue weighted by Gasteiger charge is 2.32. The second kappa shape index (κ2) is 17.1. The summed E-state index contributed by atoms with van der Waals surface area (Å²) in [5.74, 6) is -3.94. The highest BCUT2D eigenvalue weighted by molar-refractivity contribution is 7.98. The van der Waals surface area contributed by atoms with Crippen molar-refractivity contribution >= 4 is 41.4 Å². The zero-order valence-electron chi connectivity index (χ0n) is 20.2. The van der Waals surface area contributed by atoms with E-state index in [0.29, 0.717) is 38.0 Å². The number of carboxylic acid groups (broad SMARTS) is 1. The predicted molar refractivity (Wildman–Crippen MR) is 131 cm³/mol. The largest absolute Gasteiger partial charge is 0.480 e. The first kappa shape index (κ1) is 31.6. The van der Waals surface area contributed by atoms with E-state index in [9.17, 15) is 29.1 Å². The number of thioether (sulfide) groups is 1. The van der Waals surface area contributed by atoms with E-state index < -0.39 is 60.2 Å². The van der Waals surface area contributed by atoms with Gasteiger partial charge in [-0.1, -0.05) is 26.7 Å². The number of nitrogens with two attached hydrogens (primary N) is 3. The van der Waals surface area contributed by atoms with E-state index in [0.717, 1.165) is 0 Å².